The van der Waals surface area contributed by atoms with Crippen molar-refractivity contribution in [3.63, 3.8) is 0 Å². The molecular formula is C20H27F2N3O. The summed E-state index contributed by atoms with van der Waals surface area (Å²) in [4.78, 5) is 4.92. The third-order valence-corrected chi connectivity index (χ3v) is 5.96. The van der Waals surface area contributed by atoms with Gasteiger partial charge < -0.3 is 15.4 Å². The molecule has 2 N–H and O–H groups in total. The zero-order valence-electron chi connectivity index (χ0n) is 15.4. The Balaban J connectivity index is 1.42. The predicted molar refractivity (Wildman–Crippen MR) is 96.5 cm³/mol. The van der Waals surface area contributed by atoms with Crippen LogP contribution in [0.4, 0.5) is 8.78 Å². The minimum Gasteiger partial charge on any atom is -0.371 e. The Morgan fingerprint density at radius 1 is 1.23 bits per heavy atom. The van der Waals surface area contributed by atoms with Gasteiger partial charge in [0.05, 0.1) is 6.61 Å². The van der Waals surface area contributed by atoms with Crippen LogP contribution < -0.4 is 5.73 Å². The third-order valence-electron chi connectivity index (χ3n) is 5.96. The fourth-order valence-corrected chi connectivity index (χ4v) is 4.58. The highest BCUT2D eigenvalue weighted by Crippen LogP contribution is 2.36. The molecule has 142 valence electrons. The van der Waals surface area contributed by atoms with Crippen LogP contribution in [0.5, 0.6) is 0 Å². The molecule has 3 heterocycles. The average molecular weight is 363 g/mol. The van der Waals surface area contributed by atoms with E-state index in [9.17, 15) is 8.78 Å². The van der Waals surface area contributed by atoms with Crippen LogP contribution in [-0.4, -0.2) is 54.2 Å². The number of nitrogens with two attached hydrogens (primary N) is 1. The molecule has 4 rings (SSSR count). The Bertz CT molecular complexity index is 721. The van der Waals surface area contributed by atoms with E-state index in [1.165, 1.54) is 17.3 Å². The molecule has 1 fully saturated rings. The van der Waals surface area contributed by atoms with Crippen molar-refractivity contribution in [3.8, 4) is 0 Å². The van der Waals surface area contributed by atoms with Crippen LogP contribution in [0.3, 0.4) is 0 Å². The Morgan fingerprint density at radius 2 is 2.04 bits per heavy atom. The summed E-state index contributed by atoms with van der Waals surface area (Å²) < 4.78 is 33.5. The van der Waals surface area contributed by atoms with E-state index in [2.05, 4.69) is 23.6 Å². The lowest BCUT2D eigenvalue weighted by Crippen LogP contribution is -2.49. The molecule has 0 radical (unpaired) electrons. The number of hydrogen-bond donors (Lipinski definition) is 1. The van der Waals surface area contributed by atoms with E-state index in [1.807, 2.05) is 0 Å². The maximum Gasteiger partial charge on any atom is 0.129 e. The lowest BCUT2D eigenvalue weighted by Gasteiger charge is -2.39. The van der Waals surface area contributed by atoms with E-state index >= 15 is 0 Å². The SMILES string of the molecule is CC(C)N1CCC2=C1CN(C1CO[C@H](c3cc(F)ccc3F)C(N)C1)C2. The number of ether oxygens (including phenoxy) is 1. The van der Waals surface area contributed by atoms with Crippen molar-refractivity contribution in [2.75, 3.05) is 26.2 Å². The van der Waals surface area contributed by atoms with Gasteiger partial charge in [0.1, 0.15) is 17.7 Å². The van der Waals surface area contributed by atoms with Crippen molar-refractivity contribution in [1.82, 2.24) is 9.80 Å². The van der Waals surface area contributed by atoms with Crippen molar-refractivity contribution in [1.29, 1.82) is 0 Å². The van der Waals surface area contributed by atoms with Gasteiger partial charge in [-0.3, -0.25) is 4.90 Å². The maximum atomic E-state index is 14.1. The van der Waals surface area contributed by atoms with Crippen LogP contribution in [-0.2, 0) is 4.74 Å². The summed E-state index contributed by atoms with van der Waals surface area (Å²) in [5, 5.41) is 0. The quantitative estimate of drug-likeness (QED) is 0.897. The molecule has 3 aliphatic rings. The highest BCUT2D eigenvalue weighted by atomic mass is 19.1. The van der Waals surface area contributed by atoms with Gasteiger partial charge >= 0.3 is 0 Å². The van der Waals surface area contributed by atoms with Gasteiger partial charge in [0.25, 0.3) is 0 Å². The summed E-state index contributed by atoms with van der Waals surface area (Å²) in [5.74, 6) is -0.923. The monoisotopic (exact) mass is 363 g/mol. The summed E-state index contributed by atoms with van der Waals surface area (Å²) in [5.41, 5.74) is 9.54. The number of benzene rings is 1. The molecule has 4 nitrogen and oxygen atoms in total. The highest BCUT2D eigenvalue weighted by molar-refractivity contribution is 5.28. The lowest BCUT2D eigenvalue weighted by atomic mass is 9.93. The molecule has 0 aliphatic carbocycles. The van der Waals surface area contributed by atoms with Crippen LogP contribution in [0.25, 0.3) is 0 Å². The minimum atomic E-state index is -0.587. The fraction of sp³-hybridized carbons (Fsp3) is 0.600. The van der Waals surface area contributed by atoms with Crippen LogP contribution in [0.2, 0.25) is 0 Å². The van der Waals surface area contributed by atoms with E-state index in [-0.39, 0.29) is 17.6 Å². The van der Waals surface area contributed by atoms with Crippen molar-refractivity contribution < 1.29 is 13.5 Å². The largest absolute Gasteiger partial charge is 0.371 e. The molecule has 1 saturated heterocycles. The first kappa shape index (κ1) is 17.9. The molecule has 1 aromatic rings. The Kier molecular flexibility index (Phi) is 4.75. The summed E-state index contributed by atoms with van der Waals surface area (Å²) >= 11 is 0. The first-order valence-corrected chi connectivity index (χ1v) is 9.47. The van der Waals surface area contributed by atoms with E-state index in [0.717, 1.165) is 44.6 Å². The molecule has 2 unspecified atom stereocenters. The maximum absolute atomic E-state index is 14.1. The number of nitrogens with zero attached hydrogens (tertiary/aromatic N) is 2. The highest BCUT2D eigenvalue weighted by Gasteiger charge is 2.39. The third kappa shape index (κ3) is 3.15. The first-order chi connectivity index (χ1) is 12.4. The van der Waals surface area contributed by atoms with Crippen LogP contribution in [0.15, 0.2) is 29.5 Å². The second kappa shape index (κ2) is 6.91. The average Bonchev–Trinajstić information content (AvgIpc) is 3.17. The summed E-state index contributed by atoms with van der Waals surface area (Å²) in [6, 6.07) is 3.86. The van der Waals surface area contributed by atoms with E-state index in [0.29, 0.717) is 12.6 Å². The summed E-state index contributed by atoms with van der Waals surface area (Å²) in [6.45, 7) is 7.99. The lowest BCUT2D eigenvalue weighted by molar-refractivity contribution is -0.0474. The van der Waals surface area contributed by atoms with Gasteiger partial charge in [0, 0.05) is 49.0 Å². The van der Waals surface area contributed by atoms with Crippen molar-refractivity contribution >= 4 is 0 Å². The number of hydrogen-bond acceptors (Lipinski definition) is 4. The van der Waals surface area contributed by atoms with Gasteiger partial charge in [0.15, 0.2) is 0 Å². The van der Waals surface area contributed by atoms with Gasteiger partial charge in [0.2, 0.25) is 0 Å². The van der Waals surface area contributed by atoms with E-state index in [1.54, 1.807) is 0 Å². The molecule has 3 aliphatic heterocycles. The van der Waals surface area contributed by atoms with Crippen molar-refractivity contribution in [2.24, 2.45) is 5.73 Å². The van der Waals surface area contributed by atoms with Gasteiger partial charge in [-0.1, -0.05) is 0 Å². The molecule has 6 heteroatoms. The number of halogens is 2. The molecule has 0 bridgehead atoms. The van der Waals surface area contributed by atoms with Crippen molar-refractivity contribution in [3.05, 3.63) is 46.7 Å². The molecular weight excluding hydrogens is 336 g/mol. The van der Waals surface area contributed by atoms with Gasteiger partial charge in [-0.15, -0.1) is 0 Å². The van der Waals surface area contributed by atoms with Crippen molar-refractivity contribution in [2.45, 2.75) is 50.9 Å². The number of rotatable bonds is 3. The molecule has 0 saturated carbocycles. The second-order valence-electron chi connectivity index (χ2n) is 7.97. The topological polar surface area (TPSA) is 41.7 Å². The Hall–Kier alpha value is -1.50. The first-order valence-electron chi connectivity index (χ1n) is 9.47. The van der Waals surface area contributed by atoms with Crippen LogP contribution >= 0.6 is 0 Å². The zero-order valence-corrected chi connectivity index (χ0v) is 15.4. The van der Waals surface area contributed by atoms with E-state index in [4.69, 9.17) is 10.5 Å². The Morgan fingerprint density at radius 3 is 2.77 bits per heavy atom. The molecule has 0 aromatic heterocycles. The second-order valence-corrected chi connectivity index (χ2v) is 7.97. The normalized spacial score (nSPS) is 29.8. The minimum absolute atomic E-state index is 0.220. The van der Waals surface area contributed by atoms with Gasteiger partial charge in [-0.25, -0.2) is 8.78 Å². The molecule has 1 aromatic carbocycles. The zero-order chi connectivity index (χ0) is 18.4. The summed E-state index contributed by atoms with van der Waals surface area (Å²) in [7, 11) is 0. The van der Waals surface area contributed by atoms with Gasteiger partial charge in [-0.05, 0) is 50.5 Å². The molecule has 26 heavy (non-hydrogen) atoms. The molecule has 0 amide bonds. The fourth-order valence-electron chi connectivity index (χ4n) is 4.58. The molecule has 0 spiro atoms. The summed E-state index contributed by atoms with van der Waals surface area (Å²) in [6.07, 6.45) is 1.28. The predicted octanol–water partition coefficient (Wildman–Crippen LogP) is 2.81. The Labute approximate surface area is 153 Å². The molecule has 3 atom stereocenters. The van der Waals surface area contributed by atoms with E-state index < -0.39 is 17.7 Å². The van der Waals surface area contributed by atoms with Crippen LogP contribution in [0.1, 0.15) is 38.4 Å². The van der Waals surface area contributed by atoms with Gasteiger partial charge in [-0.2, -0.15) is 0 Å². The standard InChI is InChI=1S/C20H27F2N3O/c1-12(2)25-6-5-13-9-24(10-19(13)25)15-8-18(23)20(26-11-15)16-7-14(21)3-4-17(16)22/h3-4,7,12,15,18,20H,5-6,8-11,23H2,1-2H3/t15?,18?,20-/m1/s1. The smallest absolute Gasteiger partial charge is 0.129 e. The van der Waals surface area contributed by atoms with Crippen LogP contribution in [0, 0.1) is 11.6 Å².